The van der Waals surface area contributed by atoms with Gasteiger partial charge in [-0.2, -0.15) is 0 Å². The van der Waals surface area contributed by atoms with E-state index in [1.54, 1.807) is 0 Å². The zero-order chi connectivity index (χ0) is 20.6. The van der Waals surface area contributed by atoms with Crippen LogP contribution in [0.3, 0.4) is 0 Å². The third-order valence-corrected chi connectivity index (χ3v) is 4.81. The number of carbonyl (C=O) groups excluding carboxylic acids is 1. The number of nitrogens with zero attached hydrogens (tertiary/aromatic N) is 1. The molecule has 0 fully saturated rings. The zero-order valence-corrected chi connectivity index (χ0v) is 19.6. The van der Waals surface area contributed by atoms with E-state index in [4.69, 9.17) is 0 Å². The lowest BCUT2D eigenvalue weighted by Gasteiger charge is -2.09. The van der Waals surface area contributed by atoms with Crippen LogP contribution in [-0.4, -0.2) is 38.0 Å². The first-order chi connectivity index (χ1) is 13.2. The molecule has 3 nitrogen and oxygen atoms in total. The summed E-state index contributed by atoms with van der Waals surface area (Å²) in [6.45, 7) is 7.62. The average Bonchev–Trinajstić information content (AvgIpc) is 2.65. The van der Waals surface area contributed by atoms with Gasteiger partial charge in [-0.05, 0) is 20.5 Å². The lowest BCUT2D eigenvalue weighted by molar-refractivity contribution is -0.121. The lowest BCUT2D eigenvalue weighted by atomic mass is 10.0. The topological polar surface area (TPSA) is 32.3 Å². The molecular formula is C24H52N2O. The summed E-state index contributed by atoms with van der Waals surface area (Å²) in [5, 5.41) is 2.98. The summed E-state index contributed by atoms with van der Waals surface area (Å²) in [7, 11) is 3.85. The van der Waals surface area contributed by atoms with Gasteiger partial charge in [0.15, 0.2) is 0 Å². The van der Waals surface area contributed by atoms with Crippen molar-refractivity contribution in [2.24, 2.45) is 0 Å². The number of carbonyl (C=O) groups is 1. The molecule has 0 aromatic heterocycles. The van der Waals surface area contributed by atoms with Gasteiger partial charge in [0, 0.05) is 6.54 Å². The molecule has 0 aromatic rings. The number of likely N-dealkylation sites (N-methyl/N-ethyl adjacent to an activating group) is 1. The van der Waals surface area contributed by atoms with E-state index >= 15 is 0 Å². The molecule has 1 N–H and O–H groups in total. The Labute approximate surface area is 172 Å². The van der Waals surface area contributed by atoms with Gasteiger partial charge >= 0.3 is 0 Å². The third-order valence-electron chi connectivity index (χ3n) is 4.81. The van der Waals surface area contributed by atoms with Crippen LogP contribution in [0.2, 0.25) is 0 Å². The van der Waals surface area contributed by atoms with E-state index in [0.717, 1.165) is 13.0 Å². The number of rotatable bonds is 19. The first-order valence-corrected chi connectivity index (χ1v) is 12.1. The summed E-state index contributed by atoms with van der Waals surface area (Å²) in [6.07, 6.45) is 22.2. The zero-order valence-electron chi connectivity index (χ0n) is 19.6. The molecule has 0 unspecified atom stereocenters. The molecule has 164 valence electrons. The maximum atomic E-state index is 11.5. The summed E-state index contributed by atoms with van der Waals surface area (Å²) in [5.74, 6) is 0.144. The van der Waals surface area contributed by atoms with Gasteiger partial charge in [-0.25, -0.2) is 0 Å². The van der Waals surface area contributed by atoms with Gasteiger partial charge in [0.05, 0.1) is 6.54 Å². The molecule has 3 heteroatoms. The van der Waals surface area contributed by atoms with Gasteiger partial charge in [-0.1, -0.05) is 117 Å². The second-order valence-corrected chi connectivity index (χ2v) is 7.89. The molecule has 0 saturated carbocycles. The molecule has 0 spiro atoms. The summed E-state index contributed by atoms with van der Waals surface area (Å²) in [6, 6.07) is 0. The second-order valence-electron chi connectivity index (χ2n) is 7.89. The molecule has 0 bridgehead atoms. The van der Waals surface area contributed by atoms with Crippen molar-refractivity contribution in [3.8, 4) is 0 Å². The molecule has 0 aromatic carbocycles. The Balaban J connectivity index is 0. The van der Waals surface area contributed by atoms with Crippen molar-refractivity contribution < 1.29 is 4.79 Å². The van der Waals surface area contributed by atoms with Crippen molar-refractivity contribution in [2.75, 3.05) is 27.2 Å². The van der Waals surface area contributed by atoms with Crippen LogP contribution in [0.1, 0.15) is 124 Å². The highest BCUT2D eigenvalue weighted by Crippen LogP contribution is 2.13. The van der Waals surface area contributed by atoms with Gasteiger partial charge < -0.3 is 10.2 Å². The fourth-order valence-corrected chi connectivity index (χ4v) is 3.24. The minimum atomic E-state index is 0.144. The van der Waals surface area contributed by atoms with Crippen LogP contribution in [0, 0.1) is 0 Å². The van der Waals surface area contributed by atoms with Crippen molar-refractivity contribution in [1.29, 1.82) is 0 Å². The maximum absolute atomic E-state index is 11.5. The fraction of sp³-hybridized carbons (Fsp3) is 0.958. The van der Waals surface area contributed by atoms with Crippen molar-refractivity contribution in [3.05, 3.63) is 0 Å². The Morgan fingerprint density at radius 1 is 0.630 bits per heavy atom. The molecule has 0 rings (SSSR count). The largest absolute Gasteiger partial charge is 0.355 e. The summed E-state index contributed by atoms with van der Waals surface area (Å²) >= 11 is 0. The summed E-state index contributed by atoms with van der Waals surface area (Å²) in [4.78, 5) is 13.4. The molecule has 0 atom stereocenters. The predicted octanol–water partition coefficient (Wildman–Crippen LogP) is 6.95. The molecular weight excluding hydrogens is 332 g/mol. The molecule has 27 heavy (non-hydrogen) atoms. The van der Waals surface area contributed by atoms with Crippen LogP contribution < -0.4 is 5.32 Å². The molecule has 0 aliphatic carbocycles. The molecule has 0 heterocycles. The van der Waals surface area contributed by atoms with E-state index in [9.17, 15) is 4.79 Å². The van der Waals surface area contributed by atoms with E-state index in [2.05, 4.69) is 12.2 Å². The number of hydrogen-bond acceptors (Lipinski definition) is 2. The Hall–Kier alpha value is -0.570. The van der Waals surface area contributed by atoms with Crippen LogP contribution in [0.25, 0.3) is 0 Å². The van der Waals surface area contributed by atoms with Crippen LogP contribution >= 0.6 is 0 Å². The number of unbranched alkanes of at least 4 members (excludes halogenated alkanes) is 15. The van der Waals surface area contributed by atoms with E-state index in [1.807, 2.05) is 32.8 Å². The van der Waals surface area contributed by atoms with Gasteiger partial charge in [0.25, 0.3) is 0 Å². The molecule has 1 amide bonds. The van der Waals surface area contributed by atoms with Gasteiger partial charge in [-0.3, -0.25) is 4.79 Å². The molecule has 0 radical (unpaired) electrons. The molecule has 0 saturated heterocycles. The van der Waals surface area contributed by atoms with Crippen molar-refractivity contribution in [2.45, 2.75) is 124 Å². The summed E-state index contributed by atoms with van der Waals surface area (Å²) in [5.41, 5.74) is 0. The summed E-state index contributed by atoms with van der Waals surface area (Å²) < 4.78 is 0. The third kappa shape index (κ3) is 27.7. The van der Waals surface area contributed by atoms with Crippen LogP contribution in [0.4, 0.5) is 0 Å². The van der Waals surface area contributed by atoms with Crippen LogP contribution in [0.5, 0.6) is 0 Å². The minimum absolute atomic E-state index is 0.144. The second kappa shape index (κ2) is 25.4. The Morgan fingerprint density at radius 3 is 1.30 bits per heavy atom. The highest BCUT2D eigenvalue weighted by Gasteiger charge is 2.01. The maximum Gasteiger partial charge on any atom is 0.234 e. The Kier molecular flexibility index (Phi) is 27.0. The monoisotopic (exact) mass is 384 g/mol. The lowest BCUT2D eigenvalue weighted by Crippen LogP contribution is -2.33. The number of hydrogen-bond donors (Lipinski definition) is 1. The minimum Gasteiger partial charge on any atom is -0.355 e. The van der Waals surface area contributed by atoms with Crippen LogP contribution in [0.15, 0.2) is 0 Å². The normalized spacial score (nSPS) is 10.6. The first kappa shape index (κ1) is 28.6. The van der Waals surface area contributed by atoms with E-state index in [-0.39, 0.29) is 5.91 Å². The number of nitrogens with one attached hydrogen (secondary N) is 1. The molecule has 0 aliphatic rings. The SMILES string of the molecule is CC.CCCCCCCCCCCCCCCCCCNC(=O)CN(C)C. The smallest absolute Gasteiger partial charge is 0.234 e. The fourth-order valence-electron chi connectivity index (χ4n) is 3.24. The standard InChI is InChI=1S/C22H46N2O.C2H6/c1-4-5-6-7-8-9-10-11-12-13-14-15-16-17-18-19-20-23-22(25)21-24(2)3;1-2/h4-21H2,1-3H3,(H,23,25);1-2H3. The quantitative estimate of drug-likeness (QED) is 0.244. The number of amides is 1. The van der Waals surface area contributed by atoms with E-state index < -0.39 is 0 Å². The van der Waals surface area contributed by atoms with Gasteiger partial charge in [0.1, 0.15) is 0 Å². The Bertz CT molecular complexity index is 280. The highest BCUT2D eigenvalue weighted by molar-refractivity contribution is 5.77. The predicted molar refractivity (Wildman–Crippen MR) is 122 cm³/mol. The van der Waals surface area contributed by atoms with Crippen molar-refractivity contribution >= 4 is 5.91 Å². The van der Waals surface area contributed by atoms with Gasteiger partial charge in [0.2, 0.25) is 5.91 Å². The average molecular weight is 385 g/mol. The van der Waals surface area contributed by atoms with E-state index in [1.165, 1.54) is 96.3 Å². The molecule has 0 aliphatic heterocycles. The highest BCUT2D eigenvalue weighted by atomic mass is 16.1. The Morgan fingerprint density at radius 2 is 0.963 bits per heavy atom. The van der Waals surface area contributed by atoms with E-state index in [0.29, 0.717) is 6.54 Å². The van der Waals surface area contributed by atoms with Crippen molar-refractivity contribution in [1.82, 2.24) is 10.2 Å². The van der Waals surface area contributed by atoms with Crippen molar-refractivity contribution in [3.63, 3.8) is 0 Å². The first-order valence-electron chi connectivity index (χ1n) is 12.1. The van der Waals surface area contributed by atoms with Crippen LogP contribution in [-0.2, 0) is 4.79 Å². The van der Waals surface area contributed by atoms with Gasteiger partial charge in [-0.15, -0.1) is 0 Å².